The molecule has 1 atom stereocenters. The number of hydrogen-bond donors (Lipinski definition) is 2. The summed E-state index contributed by atoms with van der Waals surface area (Å²) in [6, 6.07) is 7.39. The first kappa shape index (κ1) is 14.7. The van der Waals surface area contributed by atoms with Gasteiger partial charge in [0.25, 0.3) is 5.91 Å². The highest BCUT2D eigenvalue weighted by Crippen LogP contribution is 2.22. The summed E-state index contributed by atoms with van der Waals surface area (Å²) in [7, 11) is 0. The Morgan fingerprint density at radius 2 is 2.20 bits per heavy atom. The summed E-state index contributed by atoms with van der Waals surface area (Å²) in [6.45, 7) is 2.89. The number of likely N-dealkylation sites (tertiary alicyclic amines) is 1. The molecule has 1 saturated heterocycles. The van der Waals surface area contributed by atoms with Crippen molar-refractivity contribution in [2.75, 3.05) is 18.8 Å². The first-order valence-corrected chi connectivity index (χ1v) is 7.61. The summed E-state index contributed by atoms with van der Waals surface area (Å²) in [6.07, 6.45) is -0.259. The van der Waals surface area contributed by atoms with Gasteiger partial charge in [0.2, 0.25) is 0 Å². The van der Waals surface area contributed by atoms with Gasteiger partial charge in [-0.2, -0.15) is 0 Å². The van der Waals surface area contributed by atoms with Crippen LogP contribution in [0.2, 0.25) is 0 Å². The molecule has 1 aromatic carbocycles. The highest BCUT2D eigenvalue weighted by molar-refractivity contribution is 7.99. The molecule has 0 bridgehead atoms. The van der Waals surface area contributed by atoms with Crippen LogP contribution in [0.15, 0.2) is 29.2 Å². The third-order valence-electron chi connectivity index (χ3n) is 3.23. The average molecular weight is 294 g/mol. The van der Waals surface area contributed by atoms with Crippen LogP contribution in [0.25, 0.3) is 0 Å². The first-order valence-electron chi connectivity index (χ1n) is 6.62. The van der Waals surface area contributed by atoms with Crippen LogP contribution >= 0.6 is 11.8 Å². The molecule has 2 N–H and O–H groups in total. The molecule has 20 heavy (non-hydrogen) atoms. The van der Waals surface area contributed by atoms with Crippen molar-refractivity contribution in [3.63, 3.8) is 0 Å². The topological polar surface area (TPSA) is 69.6 Å². The number of amides is 2. The summed E-state index contributed by atoms with van der Waals surface area (Å²) >= 11 is 1.63. The third-order valence-corrected chi connectivity index (χ3v) is 4.18. The normalized spacial score (nSPS) is 18.1. The number of carbonyl (C=O) groups is 2. The Bertz CT molecular complexity index is 507. The molecule has 0 spiro atoms. The van der Waals surface area contributed by atoms with Crippen molar-refractivity contribution in [2.24, 2.45) is 0 Å². The molecule has 1 fully saturated rings. The van der Waals surface area contributed by atoms with Gasteiger partial charge in [-0.3, -0.25) is 4.79 Å². The Balaban J connectivity index is 2.01. The molecule has 1 aliphatic rings. The molecule has 1 aliphatic heterocycles. The first-order chi connectivity index (χ1) is 9.61. The zero-order valence-electron chi connectivity index (χ0n) is 11.3. The lowest BCUT2D eigenvalue weighted by Gasteiger charge is -2.15. The largest absolute Gasteiger partial charge is 0.465 e. The Morgan fingerprint density at radius 1 is 1.45 bits per heavy atom. The minimum atomic E-state index is -0.927. The fraction of sp³-hybridized carbons (Fsp3) is 0.429. The van der Waals surface area contributed by atoms with E-state index in [0.29, 0.717) is 25.1 Å². The van der Waals surface area contributed by atoms with Crippen molar-refractivity contribution in [2.45, 2.75) is 24.3 Å². The van der Waals surface area contributed by atoms with E-state index in [-0.39, 0.29) is 11.9 Å². The molecule has 1 heterocycles. The number of carbonyl (C=O) groups excluding carboxylic acids is 1. The van der Waals surface area contributed by atoms with E-state index in [9.17, 15) is 9.59 Å². The Hall–Kier alpha value is -1.69. The standard InChI is InChI=1S/C14H18N2O3S/c1-2-20-12-6-4-3-5-11(12)13(17)15-10-7-8-16(9-10)14(18)19/h3-6,10H,2,7-9H2,1H3,(H,15,17)(H,18,19)/t10-/m0/s1. The zero-order chi connectivity index (χ0) is 14.5. The lowest BCUT2D eigenvalue weighted by molar-refractivity contribution is 0.0933. The van der Waals surface area contributed by atoms with Crippen LogP contribution in [0.3, 0.4) is 0 Å². The highest BCUT2D eigenvalue weighted by atomic mass is 32.2. The smallest absolute Gasteiger partial charge is 0.407 e. The van der Waals surface area contributed by atoms with Gasteiger partial charge >= 0.3 is 6.09 Å². The van der Waals surface area contributed by atoms with E-state index in [1.165, 1.54) is 4.90 Å². The lowest BCUT2D eigenvalue weighted by Crippen LogP contribution is -2.38. The van der Waals surface area contributed by atoms with E-state index in [1.54, 1.807) is 17.8 Å². The van der Waals surface area contributed by atoms with Gasteiger partial charge in [-0.25, -0.2) is 4.79 Å². The zero-order valence-corrected chi connectivity index (χ0v) is 12.2. The Kier molecular flexibility index (Phi) is 4.89. The van der Waals surface area contributed by atoms with Crippen LogP contribution in [0.5, 0.6) is 0 Å². The van der Waals surface area contributed by atoms with Gasteiger partial charge in [-0.1, -0.05) is 19.1 Å². The molecule has 108 valence electrons. The summed E-state index contributed by atoms with van der Waals surface area (Å²) in [5.41, 5.74) is 0.660. The second kappa shape index (κ2) is 6.65. The molecule has 0 aliphatic carbocycles. The van der Waals surface area contributed by atoms with Gasteiger partial charge in [0.05, 0.1) is 5.56 Å². The van der Waals surface area contributed by atoms with Crippen LogP contribution < -0.4 is 5.32 Å². The maximum Gasteiger partial charge on any atom is 0.407 e. The summed E-state index contributed by atoms with van der Waals surface area (Å²) < 4.78 is 0. The summed E-state index contributed by atoms with van der Waals surface area (Å²) in [5.74, 6) is 0.777. The van der Waals surface area contributed by atoms with Crippen molar-refractivity contribution in [3.8, 4) is 0 Å². The second-order valence-corrected chi connectivity index (χ2v) is 5.92. The SMILES string of the molecule is CCSc1ccccc1C(=O)N[C@H]1CCN(C(=O)O)C1. The molecule has 6 heteroatoms. The van der Waals surface area contributed by atoms with Crippen LogP contribution in [0.1, 0.15) is 23.7 Å². The Labute approximate surface area is 122 Å². The van der Waals surface area contributed by atoms with Crippen molar-refractivity contribution in [1.29, 1.82) is 0 Å². The number of carboxylic acid groups (broad SMARTS) is 1. The van der Waals surface area contributed by atoms with Gasteiger partial charge in [-0.15, -0.1) is 11.8 Å². The van der Waals surface area contributed by atoms with Gasteiger partial charge in [-0.05, 0) is 24.3 Å². The quantitative estimate of drug-likeness (QED) is 0.836. The number of rotatable bonds is 4. The third kappa shape index (κ3) is 3.45. The van der Waals surface area contributed by atoms with E-state index in [4.69, 9.17) is 5.11 Å². The van der Waals surface area contributed by atoms with Crippen molar-refractivity contribution in [1.82, 2.24) is 10.2 Å². The van der Waals surface area contributed by atoms with Crippen LogP contribution in [0, 0.1) is 0 Å². The molecule has 0 radical (unpaired) electrons. The summed E-state index contributed by atoms with van der Waals surface area (Å²) in [4.78, 5) is 25.4. The molecule has 0 unspecified atom stereocenters. The second-order valence-electron chi connectivity index (χ2n) is 4.62. The van der Waals surface area contributed by atoms with Crippen LogP contribution in [0.4, 0.5) is 4.79 Å². The minimum absolute atomic E-state index is 0.0988. The lowest BCUT2D eigenvalue weighted by atomic mass is 10.2. The maximum absolute atomic E-state index is 12.3. The minimum Gasteiger partial charge on any atom is -0.465 e. The van der Waals surface area contributed by atoms with Gasteiger partial charge < -0.3 is 15.3 Å². The predicted molar refractivity (Wildman–Crippen MR) is 78.3 cm³/mol. The van der Waals surface area contributed by atoms with E-state index in [1.807, 2.05) is 25.1 Å². The molecular weight excluding hydrogens is 276 g/mol. The van der Waals surface area contributed by atoms with Gasteiger partial charge in [0.1, 0.15) is 0 Å². The molecule has 1 aromatic rings. The van der Waals surface area contributed by atoms with E-state index in [0.717, 1.165) is 10.6 Å². The number of thioether (sulfide) groups is 1. The number of benzene rings is 1. The van der Waals surface area contributed by atoms with E-state index >= 15 is 0 Å². The molecule has 2 amide bonds. The fourth-order valence-corrected chi connectivity index (χ4v) is 3.05. The fourth-order valence-electron chi connectivity index (χ4n) is 2.25. The summed E-state index contributed by atoms with van der Waals surface area (Å²) in [5, 5.41) is 11.8. The number of nitrogens with one attached hydrogen (secondary N) is 1. The van der Waals surface area contributed by atoms with Crippen molar-refractivity contribution in [3.05, 3.63) is 29.8 Å². The molecule has 0 aromatic heterocycles. The van der Waals surface area contributed by atoms with E-state index in [2.05, 4.69) is 5.32 Å². The van der Waals surface area contributed by atoms with Gasteiger partial charge in [0, 0.05) is 24.0 Å². The van der Waals surface area contributed by atoms with Crippen molar-refractivity contribution < 1.29 is 14.7 Å². The monoisotopic (exact) mass is 294 g/mol. The molecule has 2 rings (SSSR count). The van der Waals surface area contributed by atoms with Crippen LogP contribution in [-0.4, -0.2) is 46.9 Å². The van der Waals surface area contributed by atoms with E-state index < -0.39 is 6.09 Å². The molecule has 0 saturated carbocycles. The Morgan fingerprint density at radius 3 is 2.85 bits per heavy atom. The van der Waals surface area contributed by atoms with Crippen molar-refractivity contribution >= 4 is 23.8 Å². The molecular formula is C14H18N2O3S. The average Bonchev–Trinajstić information content (AvgIpc) is 2.88. The van der Waals surface area contributed by atoms with Crippen LogP contribution in [-0.2, 0) is 0 Å². The van der Waals surface area contributed by atoms with Gasteiger partial charge in [0.15, 0.2) is 0 Å². The predicted octanol–water partition coefficient (Wildman–Crippen LogP) is 2.28. The molecule has 5 nitrogen and oxygen atoms in total. The maximum atomic E-state index is 12.3. The number of hydrogen-bond acceptors (Lipinski definition) is 3. The highest BCUT2D eigenvalue weighted by Gasteiger charge is 2.27. The number of nitrogens with zero attached hydrogens (tertiary/aromatic N) is 1.